The highest BCUT2D eigenvalue weighted by Crippen LogP contribution is 2.15. The van der Waals surface area contributed by atoms with E-state index in [9.17, 15) is 5.11 Å². The van der Waals surface area contributed by atoms with Gasteiger partial charge in [0, 0.05) is 24.7 Å². The largest absolute Gasteiger partial charge is 0.492 e. The number of nitrogens with zero attached hydrogens (tertiary/aromatic N) is 1. The van der Waals surface area contributed by atoms with Gasteiger partial charge in [-0.05, 0) is 44.2 Å². The zero-order valence-corrected chi connectivity index (χ0v) is 14.4. The zero-order valence-electron chi connectivity index (χ0n) is 13.6. The van der Waals surface area contributed by atoms with Crippen LogP contribution in [0.5, 0.6) is 5.75 Å². The summed E-state index contributed by atoms with van der Waals surface area (Å²) in [5.41, 5.74) is 0. The van der Waals surface area contributed by atoms with Gasteiger partial charge in [-0.3, -0.25) is 0 Å². The van der Waals surface area contributed by atoms with Crippen LogP contribution in [0.1, 0.15) is 12.8 Å². The third-order valence-electron chi connectivity index (χ3n) is 3.72. The van der Waals surface area contributed by atoms with Crippen LogP contribution in [0.4, 0.5) is 0 Å². The quantitative estimate of drug-likeness (QED) is 0.706. The smallest absolute Gasteiger partial charge is 0.119 e. The Morgan fingerprint density at radius 2 is 2.17 bits per heavy atom. The minimum Gasteiger partial charge on any atom is -0.492 e. The molecule has 0 aliphatic carbocycles. The number of aliphatic hydroxyl groups is 1. The van der Waals surface area contributed by atoms with Crippen molar-refractivity contribution in [2.24, 2.45) is 0 Å². The van der Waals surface area contributed by atoms with Crippen molar-refractivity contribution in [2.75, 3.05) is 46.6 Å². The molecule has 5 nitrogen and oxygen atoms in total. The predicted molar refractivity (Wildman–Crippen MR) is 90.2 cm³/mol. The molecule has 0 radical (unpaired) electrons. The van der Waals surface area contributed by atoms with E-state index in [4.69, 9.17) is 25.8 Å². The molecule has 2 atom stereocenters. The lowest BCUT2D eigenvalue weighted by Gasteiger charge is -2.21. The van der Waals surface area contributed by atoms with Gasteiger partial charge < -0.3 is 24.2 Å². The van der Waals surface area contributed by atoms with Crippen LogP contribution in [0.25, 0.3) is 0 Å². The molecular formula is C17H26ClNO4. The summed E-state index contributed by atoms with van der Waals surface area (Å²) in [4.78, 5) is 2.02. The van der Waals surface area contributed by atoms with Crippen molar-refractivity contribution >= 4 is 11.6 Å². The first-order valence-corrected chi connectivity index (χ1v) is 8.45. The van der Waals surface area contributed by atoms with E-state index in [1.807, 2.05) is 24.1 Å². The molecule has 0 aromatic heterocycles. The van der Waals surface area contributed by atoms with Gasteiger partial charge in [0.1, 0.15) is 12.4 Å². The molecule has 1 aliphatic heterocycles. The van der Waals surface area contributed by atoms with Crippen LogP contribution in [0.2, 0.25) is 5.02 Å². The van der Waals surface area contributed by atoms with E-state index in [1.165, 1.54) is 0 Å². The van der Waals surface area contributed by atoms with E-state index in [1.54, 1.807) is 12.1 Å². The number of hydrogen-bond donors (Lipinski definition) is 1. The zero-order chi connectivity index (χ0) is 16.5. The maximum Gasteiger partial charge on any atom is 0.119 e. The first kappa shape index (κ1) is 18.5. The average Bonchev–Trinajstić information content (AvgIpc) is 3.02. The summed E-state index contributed by atoms with van der Waals surface area (Å²) in [6, 6.07) is 7.29. The van der Waals surface area contributed by atoms with Crippen molar-refractivity contribution in [3.05, 3.63) is 29.3 Å². The maximum absolute atomic E-state index is 9.98. The van der Waals surface area contributed by atoms with Crippen molar-refractivity contribution in [1.29, 1.82) is 0 Å². The Balaban J connectivity index is 1.52. The molecule has 23 heavy (non-hydrogen) atoms. The van der Waals surface area contributed by atoms with Gasteiger partial charge in [-0.1, -0.05) is 11.6 Å². The molecule has 2 rings (SSSR count). The van der Waals surface area contributed by atoms with Crippen LogP contribution in [0.3, 0.4) is 0 Å². The molecule has 2 unspecified atom stereocenters. The Kier molecular flexibility index (Phi) is 8.12. The third kappa shape index (κ3) is 7.50. The number of likely N-dealkylation sites (N-methyl/N-ethyl adjacent to an activating group) is 1. The van der Waals surface area contributed by atoms with Gasteiger partial charge in [0.15, 0.2) is 0 Å². The monoisotopic (exact) mass is 343 g/mol. The molecule has 0 spiro atoms. The van der Waals surface area contributed by atoms with Crippen molar-refractivity contribution in [3.8, 4) is 5.75 Å². The first-order chi connectivity index (χ1) is 11.1. The fraction of sp³-hybridized carbons (Fsp3) is 0.647. The minimum atomic E-state index is -0.503. The van der Waals surface area contributed by atoms with E-state index < -0.39 is 6.10 Å². The fourth-order valence-electron chi connectivity index (χ4n) is 2.47. The molecule has 0 amide bonds. The van der Waals surface area contributed by atoms with Crippen LogP contribution in [0.15, 0.2) is 24.3 Å². The summed E-state index contributed by atoms with van der Waals surface area (Å²) in [6.07, 6.45) is 1.86. The second-order valence-corrected chi connectivity index (χ2v) is 6.33. The summed E-state index contributed by atoms with van der Waals surface area (Å²) >= 11 is 5.83. The molecule has 0 bridgehead atoms. The number of hydrogen-bond acceptors (Lipinski definition) is 5. The Hall–Kier alpha value is -0.850. The fourth-order valence-corrected chi connectivity index (χ4v) is 2.59. The molecule has 0 saturated carbocycles. The molecule has 1 aliphatic rings. The summed E-state index contributed by atoms with van der Waals surface area (Å²) in [7, 11) is 1.95. The van der Waals surface area contributed by atoms with Crippen molar-refractivity contribution in [2.45, 2.75) is 25.0 Å². The van der Waals surface area contributed by atoms with Gasteiger partial charge in [0.2, 0.25) is 0 Å². The highest BCUT2D eigenvalue weighted by Gasteiger charge is 2.16. The molecular weight excluding hydrogens is 318 g/mol. The number of ether oxygens (including phenoxy) is 3. The second-order valence-electron chi connectivity index (χ2n) is 5.89. The Bertz CT molecular complexity index is 437. The summed E-state index contributed by atoms with van der Waals surface area (Å²) < 4.78 is 16.6. The molecule has 1 heterocycles. The lowest BCUT2D eigenvalue weighted by molar-refractivity contribution is -0.0239. The molecule has 1 aromatic rings. The van der Waals surface area contributed by atoms with Crippen LogP contribution in [0, 0.1) is 0 Å². The molecule has 1 N–H and O–H groups in total. The van der Waals surface area contributed by atoms with Gasteiger partial charge in [-0.15, -0.1) is 0 Å². The van der Waals surface area contributed by atoms with Gasteiger partial charge >= 0.3 is 0 Å². The van der Waals surface area contributed by atoms with E-state index in [2.05, 4.69) is 0 Å². The normalized spacial score (nSPS) is 19.2. The van der Waals surface area contributed by atoms with E-state index in [-0.39, 0.29) is 6.10 Å². The molecule has 1 aromatic carbocycles. The van der Waals surface area contributed by atoms with Crippen LogP contribution >= 0.6 is 11.6 Å². The van der Waals surface area contributed by atoms with E-state index in [0.29, 0.717) is 31.4 Å². The molecule has 130 valence electrons. The van der Waals surface area contributed by atoms with Gasteiger partial charge in [-0.25, -0.2) is 0 Å². The topological polar surface area (TPSA) is 51.2 Å². The second kappa shape index (κ2) is 10.1. The number of halogens is 1. The standard InChI is InChI=1S/C17H26ClNO4/c1-19(8-10-23-16-6-4-14(18)5-7-16)11-15(20)12-21-13-17-3-2-9-22-17/h4-7,15,17,20H,2-3,8-13H2,1H3. The summed E-state index contributed by atoms with van der Waals surface area (Å²) in [5, 5.41) is 10.7. The van der Waals surface area contributed by atoms with Crippen LogP contribution < -0.4 is 4.74 Å². The Labute approximate surface area is 143 Å². The predicted octanol–water partition coefficient (Wildman–Crippen LogP) is 2.21. The minimum absolute atomic E-state index is 0.202. The van der Waals surface area contributed by atoms with E-state index in [0.717, 1.165) is 31.7 Å². The van der Waals surface area contributed by atoms with Gasteiger partial charge in [-0.2, -0.15) is 0 Å². The summed E-state index contributed by atoms with van der Waals surface area (Å²) in [6.45, 7) is 3.57. The van der Waals surface area contributed by atoms with Gasteiger partial charge in [0.05, 0.1) is 25.4 Å². The highest BCUT2D eigenvalue weighted by atomic mass is 35.5. The molecule has 1 fully saturated rings. The summed E-state index contributed by atoms with van der Waals surface area (Å²) in [5.74, 6) is 0.795. The van der Waals surface area contributed by atoms with Crippen molar-refractivity contribution < 1.29 is 19.3 Å². The van der Waals surface area contributed by atoms with Crippen molar-refractivity contribution in [3.63, 3.8) is 0 Å². The third-order valence-corrected chi connectivity index (χ3v) is 3.97. The van der Waals surface area contributed by atoms with Crippen LogP contribution in [-0.4, -0.2) is 68.8 Å². The Morgan fingerprint density at radius 3 is 2.87 bits per heavy atom. The molecule has 1 saturated heterocycles. The van der Waals surface area contributed by atoms with Crippen molar-refractivity contribution in [1.82, 2.24) is 4.90 Å². The SMILES string of the molecule is CN(CCOc1ccc(Cl)cc1)CC(O)COCC1CCCO1. The lowest BCUT2D eigenvalue weighted by atomic mass is 10.2. The van der Waals surface area contributed by atoms with Gasteiger partial charge in [0.25, 0.3) is 0 Å². The highest BCUT2D eigenvalue weighted by molar-refractivity contribution is 6.30. The Morgan fingerprint density at radius 1 is 1.39 bits per heavy atom. The number of aliphatic hydroxyl groups excluding tert-OH is 1. The number of benzene rings is 1. The maximum atomic E-state index is 9.98. The first-order valence-electron chi connectivity index (χ1n) is 8.08. The van der Waals surface area contributed by atoms with Crippen LogP contribution in [-0.2, 0) is 9.47 Å². The molecule has 6 heteroatoms. The lowest BCUT2D eigenvalue weighted by Crippen LogP contribution is -2.35. The average molecular weight is 344 g/mol. The number of rotatable bonds is 10. The van der Waals surface area contributed by atoms with E-state index >= 15 is 0 Å².